The third-order valence-electron chi connectivity index (χ3n) is 11.5. The van der Waals surface area contributed by atoms with E-state index < -0.39 is 0 Å². The van der Waals surface area contributed by atoms with Crippen LogP contribution in [0.5, 0.6) is 0 Å². The summed E-state index contributed by atoms with van der Waals surface area (Å²) in [6.45, 7) is 14.4. The number of carbonyl (C=O) groups excluding carboxylic acids is 1. The number of Topliss-reactive ketones (excluding diaryl/α,β-unsaturated/α-hetero) is 1. The largest absolute Gasteiger partial charge is 0.480 e. The molecule has 0 saturated heterocycles. The van der Waals surface area contributed by atoms with E-state index in [-0.39, 0.29) is 46.3 Å². The molecule has 1 unspecified atom stereocenters. The molecule has 1 N–H and O–H groups in total. The number of aliphatic hydroxyl groups is 1. The molecule has 0 aromatic rings. The Kier molecular flexibility index (Phi) is 7.86. The number of aliphatic imine (C=N–C) groups is 1. The van der Waals surface area contributed by atoms with Gasteiger partial charge in [0.15, 0.2) is 5.90 Å². The second kappa shape index (κ2) is 10.2. The Morgan fingerprint density at radius 3 is 2.53 bits per heavy atom. The number of fused-ring (bicyclic) bond motifs is 4. The van der Waals surface area contributed by atoms with Gasteiger partial charge in [-0.1, -0.05) is 53.2 Å². The fourth-order valence-corrected chi connectivity index (χ4v) is 8.54. The maximum absolute atomic E-state index is 13.8. The van der Waals surface area contributed by atoms with Gasteiger partial charge in [-0.15, -0.1) is 0 Å². The molecular formula is C31H52N2O3. The van der Waals surface area contributed by atoms with Crippen LogP contribution in [0.4, 0.5) is 0 Å². The van der Waals surface area contributed by atoms with E-state index in [1.165, 1.54) is 0 Å². The van der Waals surface area contributed by atoms with Gasteiger partial charge in [-0.2, -0.15) is 0 Å². The molecule has 3 aliphatic carbocycles. The van der Waals surface area contributed by atoms with Crippen molar-refractivity contribution in [2.24, 2.45) is 44.9 Å². The summed E-state index contributed by atoms with van der Waals surface area (Å²) in [5.41, 5.74) is -0.220. The number of ether oxygens (including phenoxy) is 1. The van der Waals surface area contributed by atoms with Gasteiger partial charge in [-0.25, -0.2) is 0 Å². The van der Waals surface area contributed by atoms with Crippen molar-refractivity contribution in [2.45, 2.75) is 111 Å². The highest BCUT2D eigenvalue weighted by Crippen LogP contribution is 2.68. The van der Waals surface area contributed by atoms with Crippen LogP contribution in [0.1, 0.15) is 92.9 Å². The van der Waals surface area contributed by atoms with Crippen molar-refractivity contribution in [3.8, 4) is 0 Å². The van der Waals surface area contributed by atoms with Gasteiger partial charge in [-0.05, 0) is 76.3 Å². The Morgan fingerprint density at radius 1 is 1.17 bits per heavy atom. The highest BCUT2D eigenvalue weighted by atomic mass is 16.5. The lowest BCUT2D eigenvalue weighted by molar-refractivity contribution is -0.147. The van der Waals surface area contributed by atoms with Gasteiger partial charge in [0, 0.05) is 35.6 Å². The number of hydrogen-bond donors (Lipinski definition) is 1. The molecule has 5 nitrogen and oxygen atoms in total. The zero-order valence-electron chi connectivity index (χ0n) is 24.2. The van der Waals surface area contributed by atoms with E-state index in [0.717, 1.165) is 57.5 Å². The number of ketones is 1. The molecule has 0 bridgehead atoms. The summed E-state index contributed by atoms with van der Waals surface area (Å²) in [6.07, 6.45) is 11.6. The molecule has 0 spiro atoms. The fraction of sp³-hybridized carbons (Fsp3) is 0.871. The van der Waals surface area contributed by atoms with E-state index >= 15 is 0 Å². The predicted octanol–water partition coefficient (Wildman–Crippen LogP) is 5.91. The van der Waals surface area contributed by atoms with Crippen molar-refractivity contribution >= 4 is 11.7 Å². The third kappa shape index (κ3) is 4.51. The SMILES string of the molecule is CCC(C)C1=N[C@H]2C/C=C/C[C@@H]3C(=O)C[C@]4(C)[C@@H]([C@H](C)N(C)C)[C@H](O)C[C@@]4(C)[C@@H]3CCC[C@]2(C)CO1. The summed E-state index contributed by atoms with van der Waals surface area (Å²) in [7, 11) is 4.19. The van der Waals surface area contributed by atoms with E-state index in [1.807, 2.05) is 0 Å². The predicted molar refractivity (Wildman–Crippen MR) is 147 cm³/mol. The molecule has 204 valence electrons. The van der Waals surface area contributed by atoms with Gasteiger partial charge < -0.3 is 14.7 Å². The number of aliphatic hydroxyl groups excluding tert-OH is 1. The quantitative estimate of drug-likeness (QED) is 0.488. The zero-order valence-corrected chi connectivity index (χ0v) is 24.2. The van der Waals surface area contributed by atoms with Gasteiger partial charge in [-0.3, -0.25) is 9.79 Å². The number of hydrogen-bond acceptors (Lipinski definition) is 5. The lowest BCUT2D eigenvalue weighted by atomic mass is 9.48. The van der Waals surface area contributed by atoms with E-state index in [4.69, 9.17) is 9.73 Å². The van der Waals surface area contributed by atoms with Crippen LogP contribution in [0.2, 0.25) is 0 Å². The van der Waals surface area contributed by atoms with E-state index in [0.29, 0.717) is 24.0 Å². The first kappa shape index (κ1) is 27.8. The Balaban J connectivity index is 1.64. The topological polar surface area (TPSA) is 62.1 Å². The van der Waals surface area contributed by atoms with Crippen molar-refractivity contribution in [1.82, 2.24) is 4.90 Å². The van der Waals surface area contributed by atoms with Gasteiger partial charge in [0.25, 0.3) is 0 Å². The molecule has 4 rings (SSSR count). The molecule has 0 radical (unpaired) electrons. The molecule has 36 heavy (non-hydrogen) atoms. The van der Waals surface area contributed by atoms with Crippen LogP contribution in [0, 0.1) is 39.9 Å². The monoisotopic (exact) mass is 500 g/mol. The molecule has 0 aromatic carbocycles. The third-order valence-corrected chi connectivity index (χ3v) is 11.5. The number of rotatable bonds is 4. The van der Waals surface area contributed by atoms with E-state index in [2.05, 4.69) is 72.7 Å². The number of carbonyl (C=O) groups is 1. The summed E-state index contributed by atoms with van der Waals surface area (Å²) in [5, 5.41) is 11.4. The molecule has 2 saturated carbocycles. The highest BCUT2D eigenvalue weighted by molar-refractivity contribution is 5.84. The van der Waals surface area contributed by atoms with Crippen LogP contribution in [0.15, 0.2) is 17.1 Å². The molecule has 2 fully saturated rings. The minimum atomic E-state index is -0.361. The Bertz CT molecular complexity index is 883. The van der Waals surface area contributed by atoms with Gasteiger partial charge in [0.1, 0.15) is 5.78 Å². The van der Waals surface area contributed by atoms with Crippen molar-refractivity contribution in [1.29, 1.82) is 0 Å². The van der Waals surface area contributed by atoms with E-state index in [1.54, 1.807) is 0 Å². The van der Waals surface area contributed by atoms with Gasteiger partial charge in [0.05, 0.1) is 18.8 Å². The summed E-state index contributed by atoms with van der Waals surface area (Å²) >= 11 is 0. The Labute approximate surface area is 220 Å². The van der Waals surface area contributed by atoms with E-state index in [9.17, 15) is 9.90 Å². The average molecular weight is 501 g/mol. The maximum atomic E-state index is 13.8. The molecule has 5 heteroatoms. The first-order chi connectivity index (χ1) is 16.9. The highest BCUT2D eigenvalue weighted by Gasteiger charge is 2.67. The summed E-state index contributed by atoms with van der Waals surface area (Å²) < 4.78 is 6.24. The second-order valence-electron chi connectivity index (χ2n) is 13.8. The number of nitrogens with zero attached hydrogens (tertiary/aromatic N) is 2. The smallest absolute Gasteiger partial charge is 0.186 e. The minimum absolute atomic E-state index is 0.0151. The first-order valence-corrected chi connectivity index (χ1v) is 14.6. The van der Waals surface area contributed by atoms with Gasteiger partial charge in [0.2, 0.25) is 0 Å². The molecule has 1 heterocycles. The Morgan fingerprint density at radius 2 is 1.86 bits per heavy atom. The fourth-order valence-electron chi connectivity index (χ4n) is 8.54. The first-order valence-electron chi connectivity index (χ1n) is 14.6. The lowest BCUT2D eigenvalue weighted by Crippen LogP contribution is -2.55. The van der Waals surface area contributed by atoms with Crippen molar-refractivity contribution in [3.05, 3.63) is 12.2 Å². The van der Waals surface area contributed by atoms with Crippen molar-refractivity contribution < 1.29 is 14.6 Å². The summed E-state index contributed by atoms with van der Waals surface area (Å²) in [4.78, 5) is 21.2. The molecule has 0 aromatic heterocycles. The van der Waals surface area contributed by atoms with Crippen molar-refractivity contribution in [2.75, 3.05) is 20.7 Å². The van der Waals surface area contributed by atoms with Crippen LogP contribution in [0.25, 0.3) is 0 Å². The zero-order chi connectivity index (χ0) is 26.5. The van der Waals surface area contributed by atoms with Gasteiger partial charge >= 0.3 is 0 Å². The Hall–Kier alpha value is -1.20. The second-order valence-corrected chi connectivity index (χ2v) is 13.8. The summed E-state index contributed by atoms with van der Waals surface area (Å²) in [5.74, 6) is 2.17. The van der Waals surface area contributed by atoms with Crippen molar-refractivity contribution in [3.63, 3.8) is 0 Å². The normalized spacial score (nSPS) is 45.9. The average Bonchev–Trinajstić information content (AvgIpc) is 3.00. The van der Waals surface area contributed by atoms with Crippen LogP contribution >= 0.6 is 0 Å². The minimum Gasteiger partial charge on any atom is -0.480 e. The maximum Gasteiger partial charge on any atom is 0.186 e. The van der Waals surface area contributed by atoms with Crippen LogP contribution in [0.3, 0.4) is 0 Å². The molecule has 10 atom stereocenters. The lowest BCUT2D eigenvalue weighted by Gasteiger charge is -2.56. The van der Waals surface area contributed by atoms with Crippen LogP contribution < -0.4 is 0 Å². The molecular weight excluding hydrogens is 448 g/mol. The molecule has 4 aliphatic rings. The molecule has 0 amide bonds. The van der Waals surface area contributed by atoms with Crippen LogP contribution in [-0.4, -0.2) is 60.6 Å². The molecule has 1 aliphatic heterocycles. The summed E-state index contributed by atoms with van der Waals surface area (Å²) in [6, 6.07) is 0.470. The standard InChI is InChI=1S/C31H52N2O3/c1-9-20(2)28-32-26-15-11-10-13-22-23(14-12-16-29(26,4)19-36-28)30(5)18-25(35)27(21(3)33(7)8)31(30,6)17-24(22)34/h10-11,20-23,25-27,35H,9,12-19H2,1-8H3/b11-10+/t20?,21-,22-,23+,25+,26-,27-,29+,30-,31+/m0/s1. The van der Waals surface area contributed by atoms with Crippen LogP contribution in [-0.2, 0) is 9.53 Å². The number of allylic oxidation sites excluding steroid dienone is 1.